The van der Waals surface area contributed by atoms with Crippen LogP contribution in [0, 0.1) is 40.4 Å². The van der Waals surface area contributed by atoms with Crippen molar-refractivity contribution >= 4 is 5.97 Å². The standard InChI is InChI=1S/C24H40O5/c1-22-12-11-19-17(18(22)10-8-15(22)5-3-4-6-21(26)27)9-7-16-13-24(28,29)20(25)14-23(16,19)2/h15-20,25,28-29H,3-14H2,1-2H3,(H,26,27)/t15-,16?,17?,18?,19?,20?,22+,23-/m0/s1. The van der Waals surface area contributed by atoms with E-state index in [0.717, 1.165) is 31.6 Å². The molecule has 8 atom stereocenters. The minimum Gasteiger partial charge on any atom is -0.481 e. The smallest absolute Gasteiger partial charge is 0.303 e. The normalized spacial score (nSPS) is 48.4. The Labute approximate surface area is 174 Å². The zero-order valence-electron chi connectivity index (χ0n) is 18.1. The second kappa shape index (κ2) is 7.49. The third-order valence-corrected chi connectivity index (χ3v) is 10.2. The number of rotatable bonds is 5. The Hall–Kier alpha value is -0.650. The summed E-state index contributed by atoms with van der Waals surface area (Å²) >= 11 is 0. The van der Waals surface area contributed by atoms with Crippen molar-refractivity contribution in [1.82, 2.24) is 0 Å². The largest absolute Gasteiger partial charge is 0.481 e. The molecular formula is C24H40O5. The van der Waals surface area contributed by atoms with Crippen LogP contribution in [0.15, 0.2) is 0 Å². The minimum atomic E-state index is -1.92. The van der Waals surface area contributed by atoms with Crippen molar-refractivity contribution in [1.29, 1.82) is 0 Å². The number of carbonyl (C=O) groups is 1. The fraction of sp³-hybridized carbons (Fsp3) is 0.958. The minimum absolute atomic E-state index is 0.0121. The van der Waals surface area contributed by atoms with Crippen LogP contribution in [0.2, 0.25) is 0 Å². The van der Waals surface area contributed by atoms with Gasteiger partial charge in [0.05, 0.1) is 0 Å². The Morgan fingerprint density at radius 1 is 0.931 bits per heavy atom. The van der Waals surface area contributed by atoms with E-state index in [1.54, 1.807) is 0 Å². The quantitative estimate of drug-likeness (QED) is 0.408. The van der Waals surface area contributed by atoms with Crippen molar-refractivity contribution in [2.75, 3.05) is 0 Å². The third kappa shape index (κ3) is 3.55. The highest BCUT2D eigenvalue weighted by atomic mass is 16.5. The number of aliphatic hydroxyl groups is 3. The zero-order chi connectivity index (χ0) is 21.0. The van der Waals surface area contributed by atoms with Crippen molar-refractivity contribution in [2.45, 2.75) is 103 Å². The van der Waals surface area contributed by atoms with E-state index in [9.17, 15) is 20.1 Å². The number of hydrogen-bond acceptors (Lipinski definition) is 4. The highest BCUT2D eigenvalue weighted by Crippen LogP contribution is 2.68. The monoisotopic (exact) mass is 408 g/mol. The van der Waals surface area contributed by atoms with Crippen molar-refractivity contribution < 1.29 is 25.2 Å². The Kier molecular flexibility index (Phi) is 5.57. The van der Waals surface area contributed by atoms with Gasteiger partial charge in [-0.15, -0.1) is 0 Å². The molecule has 0 aromatic carbocycles. The predicted octanol–water partition coefficient (Wildman–Crippen LogP) is 3.94. The van der Waals surface area contributed by atoms with Gasteiger partial charge in [0.15, 0.2) is 5.79 Å². The van der Waals surface area contributed by atoms with Crippen LogP contribution in [-0.2, 0) is 4.79 Å². The van der Waals surface area contributed by atoms with Gasteiger partial charge in [-0.2, -0.15) is 0 Å². The van der Waals surface area contributed by atoms with Crippen LogP contribution in [0.4, 0.5) is 0 Å². The van der Waals surface area contributed by atoms with E-state index in [1.165, 1.54) is 32.1 Å². The van der Waals surface area contributed by atoms with Crippen molar-refractivity contribution in [3.8, 4) is 0 Å². The molecule has 4 rings (SSSR count). The van der Waals surface area contributed by atoms with Crippen LogP contribution < -0.4 is 0 Å². The molecule has 4 fully saturated rings. The van der Waals surface area contributed by atoms with E-state index in [1.807, 2.05) is 0 Å². The number of unbranched alkanes of at least 4 members (excludes halogenated alkanes) is 1. The van der Waals surface area contributed by atoms with E-state index in [2.05, 4.69) is 13.8 Å². The highest BCUT2D eigenvalue weighted by molar-refractivity contribution is 5.66. The highest BCUT2D eigenvalue weighted by Gasteiger charge is 2.62. The van der Waals surface area contributed by atoms with Crippen LogP contribution in [0.1, 0.15) is 90.9 Å². The maximum Gasteiger partial charge on any atom is 0.303 e. The van der Waals surface area contributed by atoms with E-state index >= 15 is 0 Å². The molecule has 166 valence electrons. The zero-order valence-corrected chi connectivity index (χ0v) is 18.1. The van der Waals surface area contributed by atoms with Crippen molar-refractivity contribution in [3.05, 3.63) is 0 Å². The number of fused-ring (bicyclic) bond motifs is 5. The molecule has 0 saturated heterocycles. The molecule has 0 amide bonds. The van der Waals surface area contributed by atoms with Gasteiger partial charge in [0.1, 0.15) is 6.10 Å². The van der Waals surface area contributed by atoms with Gasteiger partial charge in [0.2, 0.25) is 0 Å². The molecule has 0 bridgehead atoms. The first-order chi connectivity index (χ1) is 13.6. The lowest BCUT2D eigenvalue weighted by atomic mass is 9.44. The first-order valence-electron chi connectivity index (χ1n) is 11.9. The van der Waals surface area contributed by atoms with E-state index in [-0.39, 0.29) is 11.8 Å². The molecule has 4 N–H and O–H groups in total. The van der Waals surface area contributed by atoms with Gasteiger partial charge in [-0.25, -0.2) is 0 Å². The summed E-state index contributed by atoms with van der Waals surface area (Å²) in [7, 11) is 0. The Bertz CT molecular complexity index is 633. The summed E-state index contributed by atoms with van der Waals surface area (Å²) in [5, 5.41) is 39.8. The predicted molar refractivity (Wildman–Crippen MR) is 110 cm³/mol. The summed E-state index contributed by atoms with van der Waals surface area (Å²) in [5.41, 5.74) is 0.386. The number of carboxylic acids is 1. The maximum atomic E-state index is 10.8. The molecule has 29 heavy (non-hydrogen) atoms. The Morgan fingerprint density at radius 2 is 1.66 bits per heavy atom. The molecule has 5 heteroatoms. The van der Waals surface area contributed by atoms with E-state index in [0.29, 0.717) is 41.9 Å². The van der Waals surface area contributed by atoms with E-state index < -0.39 is 17.9 Å². The molecule has 0 aromatic heterocycles. The SMILES string of the molecule is C[C@]12CC(O)C(O)(O)CC1CCC1C2CC[C@@]2(C)C1CC[C@@H]2CCCCC(=O)O. The lowest BCUT2D eigenvalue weighted by Gasteiger charge is -2.62. The summed E-state index contributed by atoms with van der Waals surface area (Å²) in [4.78, 5) is 10.8. The average Bonchev–Trinajstić information content (AvgIpc) is 2.96. The maximum absolute atomic E-state index is 10.8. The average molecular weight is 409 g/mol. The van der Waals surface area contributed by atoms with Gasteiger partial charge < -0.3 is 20.4 Å². The lowest BCUT2D eigenvalue weighted by molar-refractivity contribution is -0.284. The Balaban J connectivity index is 1.46. The number of aliphatic hydroxyl groups excluding tert-OH is 1. The summed E-state index contributed by atoms with van der Waals surface area (Å²) < 4.78 is 0. The summed E-state index contributed by atoms with van der Waals surface area (Å²) in [6.07, 6.45) is 10.2. The van der Waals surface area contributed by atoms with Crippen molar-refractivity contribution in [3.63, 3.8) is 0 Å². The van der Waals surface area contributed by atoms with Gasteiger partial charge in [0.25, 0.3) is 0 Å². The summed E-state index contributed by atoms with van der Waals surface area (Å²) in [6.45, 7) is 4.81. The van der Waals surface area contributed by atoms with Gasteiger partial charge in [0, 0.05) is 12.8 Å². The summed E-state index contributed by atoms with van der Waals surface area (Å²) in [6, 6.07) is 0. The molecular weight excluding hydrogens is 368 g/mol. The Morgan fingerprint density at radius 3 is 2.38 bits per heavy atom. The third-order valence-electron chi connectivity index (χ3n) is 10.2. The van der Waals surface area contributed by atoms with E-state index in [4.69, 9.17) is 5.11 Å². The van der Waals surface area contributed by atoms with Crippen LogP contribution in [0.3, 0.4) is 0 Å². The topological polar surface area (TPSA) is 98.0 Å². The second-order valence-corrected chi connectivity index (χ2v) is 11.4. The van der Waals surface area contributed by atoms with Gasteiger partial charge in [-0.1, -0.05) is 20.3 Å². The molecule has 4 aliphatic carbocycles. The first kappa shape index (κ1) is 21.6. The number of hydrogen-bond donors (Lipinski definition) is 4. The van der Waals surface area contributed by atoms with Crippen LogP contribution in [0.5, 0.6) is 0 Å². The second-order valence-electron chi connectivity index (χ2n) is 11.4. The van der Waals surface area contributed by atoms with Crippen LogP contribution in [-0.4, -0.2) is 38.3 Å². The van der Waals surface area contributed by atoms with Crippen LogP contribution in [0.25, 0.3) is 0 Å². The van der Waals surface area contributed by atoms with Crippen molar-refractivity contribution in [2.24, 2.45) is 40.4 Å². The number of aliphatic carboxylic acids is 1. The molecule has 4 aliphatic rings. The lowest BCUT2D eigenvalue weighted by Crippen LogP contribution is -2.60. The molecule has 4 saturated carbocycles. The fourth-order valence-electron chi connectivity index (χ4n) is 8.52. The first-order valence-corrected chi connectivity index (χ1v) is 11.9. The van der Waals surface area contributed by atoms with Gasteiger partial charge in [-0.05, 0) is 98.2 Å². The summed E-state index contributed by atoms with van der Waals surface area (Å²) in [5.74, 6) is 0.402. The molecule has 0 aliphatic heterocycles. The molecule has 5 nitrogen and oxygen atoms in total. The van der Waals surface area contributed by atoms with Crippen LogP contribution >= 0.6 is 0 Å². The molecule has 0 aromatic rings. The van der Waals surface area contributed by atoms with Gasteiger partial charge in [-0.3, -0.25) is 4.79 Å². The molecule has 0 radical (unpaired) electrons. The fourth-order valence-corrected chi connectivity index (χ4v) is 8.52. The molecule has 5 unspecified atom stereocenters. The number of carboxylic acid groups (broad SMARTS) is 1. The molecule has 0 spiro atoms. The molecule has 0 heterocycles. The van der Waals surface area contributed by atoms with Gasteiger partial charge >= 0.3 is 5.97 Å².